The Hall–Kier alpha value is -2.70. The topological polar surface area (TPSA) is 80.1 Å². The lowest BCUT2D eigenvalue weighted by Crippen LogP contribution is -2.32. The van der Waals surface area contributed by atoms with Gasteiger partial charge in [-0.25, -0.2) is 0 Å². The van der Waals surface area contributed by atoms with Crippen molar-refractivity contribution in [1.29, 1.82) is 0 Å². The second kappa shape index (κ2) is 7.92. The van der Waals surface area contributed by atoms with Gasteiger partial charge in [0.1, 0.15) is 0 Å². The van der Waals surface area contributed by atoms with E-state index in [2.05, 4.69) is 22.3 Å². The number of rotatable bonds is 7. The highest BCUT2D eigenvalue weighted by molar-refractivity contribution is 5.89. The van der Waals surface area contributed by atoms with E-state index >= 15 is 0 Å². The monoisotopic (exact) mass is 341 g/mol. The summed E-state index contributed by atoms with van der Waals surface area (Å²) in [5.74, 6) is -0.361. The molecule has 2 aromatic rings. The summed E-state index contributed by atoms with van der Waals surface area (Å²) in [6, 6.07) is 3.78. The SMILES string of the molecule is CCCn1cc(CNC(=O)C2CC(=O)N(Cc3cccnc3)C2)cn1. The van der Waals surface area contributed by atoms with Crippen LogP contribution in [0, 0.1) is 5.92 Å². The van der Waals surface area contributed by atoms with Gasteiger partial charge in [-0.15, -0.1) is 0 Å². The summed E-state index contributed by atoms with van der Waals surface area (Å²) < 4.78 is 1.87. The Kier molecular flexibility index (Phi) is 5.42. The molecule has 1 aliphatic heterocycles. The largest absolute Gasteiger partial charge is 0.352 e. The second-order valence-electron chi connectivity index (χ2n) is 6.37. The maximum Gasteiger partial charge on any atom is 0.225 e. The van der Waals surface area contributed by atoms with Gasteiger partial charge in [0, 0.05) is 56.8 Å². The smallest absolute Gasteiger partial charge is 0.225 e. The number of pyridine rings is 1. The molecule has 0 bridgehead atoms. The molecule has 0 radical (unpaired) electrons. The summed E-state index contributed by atoms with van der Waals surface area (Å²) in [6.45, 7) is 4.36. The molecule has 25 heavy (non-hydrogen) atoms. The molecule has 1 atom stereocenters. The van der Waals surface area contributed by atoms with Crippen LogP contribution in [0.25, 0.3) is 0 Å². The Morgan fingerprint density at radius 1 is 1.36 bits per heavy atom. The molecule has 7 nitrogen and oxygen atoms in total. The van der Waals surface area contributed by atoms with Crippen molar-refractivity contribution in [3.8, 4) is 0 Å². The van der Waals surface area contributed by atoms with Crippen LogP contribution < -0.4 is 5.32 Å². The van der Waals surface area contributed by atoms with Gasteiger partial charge in [-0.3, -0.25) is 19.3 Å². The van der Waals surface area contributed by atoms with E-state index < -0.39 is 0 Å². The quantitative estimate of drug-likeness (QED) is 0.824. The number of hydrogen-bond acceptors (Lipinski definition) is 4. The van der Waals surface area contributed by atoms with E-state index in [-0.39, 0.29) is 24.2 Å². The van der Waals surface area contributed by atoms with E-state index in [1.54, 1.807) is 23.5 Å². The normalized spacial score (nSPS) is 17.1. The number of carbonyl (C=O) groups is 2. The van der Waals surface area contributed by atoms with Gasteiger partial charge in [0.05, 0.1) is 12.1 Å². The summed E-state index contributed by atoms with van der Waals surface area (Å²) in [4.78, 5) is 30.3. The molecule has 1 aliphatic rings. The summed E-state index contributed by atoms with van der Waals surface area (Å²) in [7, 11) is 0. The van der Waals surface area contributed by atoms with Gasteiger partial charge in [-0.1, -0.05) is 13.0 Å². The first kappa shape index (κ1) is 17.1. The summed E-state index contributed by atoms with van der Waals surface area (Å²) in [5.41, 5.74) is 1.94. The van der Waals surface area contributed by atoms with Crippen molar-refractivity contribution in [3.05, 3.63) is 48.0 Å². The Morgan fingerprint density at radius 2 is 2.24 bits per heavy atom. The van der Waals surface area contributed by atoms with Crippen LogP contribution in [0.15, 0.2) is 36.9 Å². The molecule has 1 fully saturated rings. The molecule has 132 valence electrons. The first-order chi connectivity index (χ1) is 12.2. The highest BCUT2D eigenvalue weighted by Crippen LogP contribution is 2.20. The van der Waals surface area contributed by atoms with Crippen molar-refractivity contribution in [2.45, 2.75) is 39.4 Å². The lowest BCUT2D eigenvalue weighted by atomic mass is 10.1. The molecule has 2 aromatic heterocycles. The predicted molar refractivity (Wildman–Crippen MR) is 92.1 cm³/mol. The molecule has 0 aromatic carbocycles. The number of amides is 2. The van der Waals surface area contributed by atoms with Crippen molar-refractivity contribution >= 4 is 11.8 Å². The first-order valence-corrected chi connectivity index (χ1v) is 8.61. The molecule has 2 amide bonds. The van der Waals surface area contributed by atoms with Crippen molar-refractivity contribution < 1.29 is 9.59 Å². The molecule has 1 unspecified atom stereocenters. The average molecular weight is 341 g/mol. The highest BCUT2D eigenvalue weighted by Gasteiger charge is 2.34. The highest BCUT2D eigenvalue weighted by atomic mass is 16.2. The lowest BCUT2D eigenvalue weighted by Gasteiger charge is -2.16. The third kappa shape index (κ3) is 4.43. The molecule has 0 spiro atoms. The van der Waals surface area contributed by atoms with Crippen LogP contribution in [0.5, 0.6) is 0 Å². The maximum atomic E-state index is 12.4. The Bertz CT molecular complexity index is 728. The van der Waals surface area contributed by atoms with E-state index in [9.17, 15) is 9.59 Å². The zero-order valence-electron chi connectivity index (χ0n) is 14.4. The third-order valence-electron chi connectivity index (χ3n) is 4.29. The minimum Gasteiger partial charge on any atom is -0.352 e. The zero-order chi connectivity index (χ0) is 17.6. The van der Waals surface area contributed by atoms with Crippen molar-refractivity contribution in [1.82, 2.24) is 25.0 Å². The van der Waals surface area contributed by atoms with Gasteiger partial charge >= 0.3 is 0 Å². The van der Waals surface area contributed by atoms with Crippen molar-refractivity contribution in [2.75, 3.05) is 6.54 Å². The second-order valence-corrected chi connectivity index (χ2v) is 6.37. The molecule has 3 heterocycles. The predicted octanol–water partition coefficient (Wildman–Crippen LogP) is 1.35. The van der Waals surface area contributed by atoms with E-state index in [0.29, 0.717) is 19.6 Å². The van der Waals surface area contributed by atoms with Crippen LogP contribution >= 0.6 is 0 Å². The summed E-state index contributed by atoms with van der Waals surface area (Å²) in [5, 5.41) is 7.17. The number of nitrogens with one attached hydrogen (secondary N) is 1. The van der Waals surface area contributed by atoms with Crippen LogP contribution in [-0.4, -0.2) is 38.0 Å². The minimum atomic E-state index is -0.296. The molecule has 1 saturated heterocycles. The Labute approximate surface area is 147 Å². The lowest BCUT2D eigenvalue weighted by molar-refractivity contribution is -0.129. The van der Waals surface area contributed by atoms with Gasteiger partial charge in [-0.05, 0) is 18.1 Å². The zero-order valence-corrected chi connectivity index (χ0v) is 14.4. The number of aryl methyl sites for hydroxylation is 1. The number of likely N-dealkylation sites (tertiary alicyclic amines) is 1. The molecule has 3 rings (SSSR count). The van der Waals surface area contributed by atoms with Crippen molar-refractivity contribution in [2.24, 2.45) is 5.92 Å². The minimum absolute atomic E-state index is 0.0137. The van der Waals surface area contributed by atoms with Crippen LogP contribution in [0.4, 0.5) is 0 Å². The van der Waals surface area contributed by atoms with Gasteiger partial charge < -0.3 is 10.2 Å². The van der Waals surface area contributed by atoms with E-state index in [4.69, 9.17) is 0 Å². The molecular formula is C18H23N5O2. The van der Waals surface area contributed by atoms with E-state index in [1.165, 1.54) is 0 Å². The summed E-state index contributed by atoms with van der Waals surface area (Å²) >= 11 is 0. The molecule has 7 heteroatoms. The molecule has 0 saturated carbocycles. The number of nitrogens with zero attached hydrogens (tertiary/aromatic N) is 4. The Balaban J connectivity index is 1.50. The first-order valence-electron chi connectivity index (χ1n) is 8.61. The number of carbonyl (C=O) groups excluding carboxylic acids is 2. The van der Waals surface area contributed by atoms with Crippen LogP contribution in [0.1, 0.15) is 30.9 Å². The average Bonchev–Trinajstić information content (AvgIpc) is 3.21. The van der Waals surface area contributed by atoms with Crippen LogP contribution in [0.3, 0.4) is 0 Å². The van der Waals surface area contributed by atoms with Gasteiger partial charge in [0.15, 0.2) is 0 Å². The fourth-order valence-electron chi connectivity index (χ4n) is 3.00. The molecular weight excluding hydrogens is 318 g/mol. The van der Waals surface area contributed by atoms with Gasteiger partial charge in [-0.2, -0.15) is 5.10 Å². The fourth-order valence-corrected chi connectivity index (χ4v) is 3.00. The van der Waals surface area contributed by atoms with Gasteiger partial charge in [0.2, 0.25) is 11.8 Å². The van der Waals surface area contributed by atoms with E-state index in [0.717, 1.165) is 24.1 Å². The van der Waals surface area contributed by atoms with Crippen LogP contribution in [-0.2, 0) is 29.2 Å². The van der Waals surface area contributed by atoms with Crippen molar-refractivity contribution in [3.63, 3.8) is 0 Å². The third-order valence-corrected chi connectivity index (χ3v) is 4.29. The number of aromatic nitrogens is 3. The van der Waals surface area contributed by atoms with Gasteiger partial charge in [0.25, 0.3) is 0 Å². The maximum absolute atomic E-state index is 12.4. The molecule has 1 N–H and O–H groups in total. The number of hydrogen-bond donors (Lipinski definition) is 1. The standard InChI is InChI=1S/C18H23N5O2/c1-2-6-23-12-15(10-21-23)9-20-18(25)16-7-17(24)22(13-16)11-14-4-3-5-19-8-14/h3-5,8,10,12,16H,2,6-7,9,11,13H2,1H3,(H,20,25). The van der Waals surface area contributed by atoms with E-state index in [1.807, 2.05) is 23.0 Å². The van der Waals surface area contributed by atoms with Crippen LogP contribution in [0.2, 0.25) is 0 Å². The summed E-state index contributed by atoms with van der Waals surface area (Å²) in [6.07, 6.45) is 8.44. The fraction of sp³-hybridized carbons (Fsp3) is 0.444. The molecule has 0 aliphatic carbocycles. The Morgan fingerprint density at radius 3 is 3.00 bits per heavy atom.